The van der Waals surface area contributed by atoms with E-state index in [1.165, 1.54) is 20.9 Å². The maximum absolute atomic E-state index is 9.23. The minimum atomic E-state index is -0.0290. The van der Waals surface area contributed by atoms with E-state index in [4.69, 9.17) is 0 Å². The number of rotatable bonds is 2. The monoisotopic (exact) mass is 540 g/mol. The first-order chi connectivity index (χ1) is 22.0. The van der Waals surface area contributed by atoms with E-state index in [-0.39, 0.29) is 24.2 Å². The largest absolute Gasteiger partial charge is 0.135 e. The summed E-state index contributed by atoms with van der Waals surface area (Å²) in [5.41, 5.74) is 2.06. The fraction of sp³-hybridized carbons (Fsp3) is 0. The van der Waals surface area contributed by atoms with Gasteiger partial charge in [-0.1, -0.05) is 121 Å². The van der Waals surface area contributed by atoms with E-state index in [2.05, 4.69) is 78.9 Å². The van der Waals surface area contributed by atoms with Gasteiger partial charge in [-0.25, -0.2) is 0 Å². The molecule has 0 atom stereocenters. The second-order valence-corrected chi connectivity index (χ2v) is 11.7. The Balaban J connectivity index is 1.27. The van der Waals surface area contributed by atoms with Crippen LogP contribution in [0.3, 0.4) is 0 Å². The molecule has 0 saturated carbocycles. The van der Waals surface area contributed by atoms with Crippen LogP contribution in [0.1, 0.15) is 5.48 Å². The number of fused-ring (bicyclic) bond motifs is 9. The van der Waals surface area contributed by atoms with Gasteiger partial charge < -0.3 is 0 Å². The van der Waals surface area contributed by atoms with Gasteiger partial charge in [0.2, 0.25) is 0 Å². The molecule has 0 bridgehead atoms. The van der Waals surface area contributed by atoms with Crippen molar-refractivity contribution in [2.45, 2.75) is 0 Å². The summed E-state index contributed by atoms with van der Waals surface area (Å²) in [6, 6.07) is 41.3. The van der Waals surface area contributed by atoms with Crippen molar-refractivity contribution >= 4 is 74.6 Å². The molecule has 0 aliphatic heterocycles. The van der Waals surface area contributed by atoms with E-state index in [1.54, 1.807) is 11.3 Å². The summed E-state index contributed by atoms with van der Waals surface area (Å²) >= 11 is 1.69. The SMILES string of the molecule is [2H]c1c([2H])c(-c2cccc3ccc4cc5ccccc5cc4c23)c([2H])c([2H])c1-c1ccc2c(c1)sc1ccc3ccccc3c12. The summed E-state index contributed by atoms with van der Waals surface area (Å²) in [5.74, 6) is 0. The highest BCUT2D eigenvalue weighted by molar-refractivity contribution is 7.26. The molecule has 0 saturated heterocycles. The third-order valence-corrected chi connectivity index (χ3v) is 9.39. The summed E-state index contributed by atoms with van der Waals surface area (Å²) in [6.45, 7) is 0. The van der Waals surface area contributed by atoms with Crippen molar-refractivity contribution < 1.29 is 5.48 Å². The molecule has 0 spiro atoms. The molecule has 41 heavy (non-hydrogen) atoms. The molecule has 0 unspecified atom stereocenters. The standard InChI is InChI=1S/C40H24S/c1-2-8-30-23-36-32(22-29(30)7-1)17-16-28-9-5-11-33(39(28)36)27-14-12-25(13-15-27)31-18-20-35-38(24-31)41-37-21-19-26-6-3-4-10-34(26)40(35)37/h1-24H/i12D,13D,14D,15D. The smallest absolute Gasteiger partial charge is 0.0629 e. The fourth-order valence-electron chi connectivity index (χ4n) is 6.30. The second kappa shape index (κ2) is 8.76. The highest BCUT2D eigenvalue weighted by Crippen LogP contribution is 2.41. The van der Waals surface area contributed by atoms with Gasteiger partial charge in [-0.2, -0.15) is 0 Å². The van der Waals surface area contributed by atoms with Crippen molar-refractivity contribution in [3.8, 4) is 22.3 Å². The van der Waals surface area contributed by atoms with Gasteiger partial charge in [0.1, 0.15) is 0 Å². The topological polar surface area (TPSA) is 0 Å². The lowest BCUT2D eigenvalue weighted by Crippen LogP contribution is -1.85. The molecule has 190 valence electrons. The maximum Gasteiger partial charge on any atom is 0.0629 e. The Labute approximate surface area is 247 Å². The molecule has 1 heteroatoms. The molecule has 0 amide bonds. The zero-order valence-corrected chi connectivity index (χ0v) is 22.8. The third-order valence-electron chi connectivity index (χ3n) is 8.27. The van der Waals surface area contributed by atoms with Crippen molar-refractivity contribution in [3.05, 3.63) is 145 Å². The minimum Gasteiger partial charge on any atom is -0.135 e. The highest BCUT2D eigenvalue weighted by atomic mass is 32.1. The lowest BCUT2D eigenvalue weighted by molar-refractivity contribution is 1.63. The Bertz CT molecular complexity index is 2680. The van der Waals surface area contributed by atoms with Gasteiger partial charge in [0.05, 0.1) is 5.48 Å². The Morgan fingerprint density at radius 3 is 1.98 bits per heavy atom. The van der Waals surface area contributed by atoms with Crippen LogP contribution in [0.25, 0.3) is 85.5 Å². The van der Waals surface area contributed by atoms with E-state index in [0.717, 1.165) is 42.4 Å². The number of benzene rings is 8. The van der Waals surface area contributed by atoms with Gasteiger partial charge in [-0.15, -0.1) is 11.3 Å². The number of thiophene rings is 1. The van der Waals surface area contributed by atoms with E-state index in [1.807, 2.05) is 42.5 Å². The highest BCUT2D eigenvalue weighted by Gasteiger charge is 2.12. The van der Waals surface area contributed by atoms with Crippen LogP contribution >= 0.6 is 11.3 Å². The maximum atomic E-state index is 9.23. The van der Waals surface area contributed by atoms with Crippen molar-refractivity contribution in [1.82, 2.24) is 0 Å². The molecule has 1 aromatic heterocycles. The van der Waals surface area contributed by atoms with Crippen molar-refractivity contribution in [2.24, 2.45) is 0 Å². The van der Waals surface area contributed by atoms with E-state index < -0.39 is 0 Å². The summed E-state index contributed by atoms with van der Waals surface area (Å²) in [4.78, 5) is 0. The molecular weight excluding hydrogens is 513 g/mol. The Morgan fingerprint density at radius 1 is 0.390 bits per heavy atom. The molecule has 9 rings (SSSR count). The zero-order valence-electron chi connectivity index (χ0n) is 26.0. The fourth-order valence-corrected chi connectivity index (χ4v) is 7.46. The molecule has 0 nitrogen and oxygen atoms in total. The summed E-state index contributed by atoms with van der Waals surface area (Å²) in [5, 5.41) is 11.1. The average Bonchev–Trinajstić information content (AvgIpc) is 3.45. The van der Waals surface area contributed by atoms with Crippen LogP contribution in [0, 0.1) is 0 Å². The van der Waals surface area contributed by atoms with E-state index >= 15 is 0 Å². The summed E-state index contributed by atoms with van der Waals surface area (Å²) in [7, 11) is 0. The summed E-state index contributed by atoms with van der Waals surface area (Å²) < 4.78 is 39.1. The van der Waals surface area contributed by atoms with Crippen molar-refractivity contribution in [1.29, 1.82) is 0 Å². The van der Waals surface area contributed by atoms with Crippen molar-refractivity contribution in [2.75, 3.05) is 0 Å². The predicted octanol–water partition coefficient (Wildman–Crippen LogP) is 12.0. The summed E-state index contributed by atoms with van der Waals surface area (Å²) in [6.07, 6.45) is 0. The molecule has 0 aliphatic rings. The van der Waals surface area contributed by atoms with Crippen LogP contribution in [0.15, 0.2) is 145 Å². The number of hydrogen-bond acceptors (Lipinski definition) is 1. The Kier molecular flexibility index (Phi) is 4.09. The predicted molar refractivity (Wildman–Crippen MR) is 180 cm³/mol. The molecule has 0 radical (unpaired) electrons. The van der Waals surface area contributed by atoms with Crippen LogP contribution < -0.4 is 0 Å². The lowest BCUT2D eigenvalue weighted by Gasteiger charge is -2.12. The van der Waals surface area contributed by atoms with Gasteiger partial charge in [-0.05, 0) is 89.6 Å². The third kappa shape index (κ3) is 3.53. The van der Waals surface area contributed by atoms with Crippen LogP contribution in [-0.2, 0) is 0 Å². The van der Waals surface area contributed by atoms with Gasteiger partial charge in [-0.3, -0.25) is 0 Å². The van der Waals surface area contributed by atoms with Crippen LogP contribution in [0.2, 0.25) is 0 Å². The first-order valence-corrected chi connectivity index (χ1v) is 14.6. The lowest BCUT2D eigenvalue weighted by atomic mass is 9.91. The molecule has 0 N–H and O–H groups in total. The first kappa shape index (κ1) is 19.2. The molecule has 0 fully saturated rings. The molecular formula is C40H24S. The zero-order chi connectivity index (χ0) is 30.4. The van der Waals surface area contributed by atoms with E-state index in [0.29, 0.717) is 22.3 Å². The van der Waals surface area contributed by atoms with Crippen LogP contribution in [0.5, 0.6) is 0 Å². The van der Waals surface area contributed by atoms with E-state index in [9.17, 15) is 5.48 Å². The first-order valence-electron chi connectivity index (χ1n) is 15.8. The van der Waals surface area contributed by atoms with Gasteiger partial charge >= 0.3 is 0 Å². The quantitative estimate of drug-likeness (QED) is 0.151. The molecule has 9 aromatic rings. The normalized spacial score (nSPS) is 13.3. The van der Waals surface area contributed by atoms with Gasteiger partial charge in [0.15, 0.2) is 0 Å². The van der Waals surface area contributed by atoms with Crippen LogP contribution in [0.4, 0.5) is 0 Å². The number of hydrogen-bond donors (Lipinski definition) is 0. The molecule has 1 heterocycles. The Hall–Kier alpha value is -4.98. The minimum absolute atomic E-state index is 0.0281. The van der Waals surface area contributed by atoms with Crippen molar-refractivity contribution in [3.63, 3.8) is 0 Å². The Morgan fingerprint density at radius 2 is 1.10 bits per heavy atom. The van der Waals surface area contributed by atoms with Gasteiger partial charge in [0.25, 0.3) is 0 Å². The second-order valence-electron chi connectivity index (χ2n) is 10.6. The molecule has 8 aromatic carbocycles. The average molecular weight is 541 g/mol. The van der Waals surface area contributed by atoms with Gasteiger partial charge in [0, 0.05) is 20.2 Å². The molecule has 0 aliphatic carbocycles. The van der Waals surface area contributed by atoms with Crippen LogP contribution in [-0.4, -0.2) is 0 Å².